The fourth-order valence-electron chi connectivity index (χ4n) is 2.25. The van der Waals surface area contributed by atoms with Gasteiger partial charge >= 0.3 is 0 Å². The number of methoxy groups -OCH3 is 2. The maximum absolute atomic E-state index is 5.45. The first kappa shape index (κ1) is 13.2. The molecule has 1 aromatic rings. The summed E-state index contributed by atoms with van der Waals surface area (Å²) in [5, 5.41) is 3.50. The monoisotopic (exact) mass is 251 g/mol. The Morgan fingerprint density at radius 2 is 2.22 bits per heavy atom. The van der Waals surface area contributed by atoms with Gasteiger partial charge in [-0.05, 0) is 18.9 Å². The third-order valence-corrected chi connectivity index (χ3v) is 3.23. The Labute approximate surface area is 108 Å². The fourth-order valence-corrected chi connectivity index (χ4v) is 2.25. The van der Waals surface area contributed by atoms with Crippen molar-refractivity contribution < 1.29 is 14.2 Å². The molecule has 1 fully saturated rings. The highest BCUT2D eigenvalue weighted by Gasteiger charge is 2.15. The molecular weight excluding hydrogens is 230 g/mol. The first-order valence-corrected chi connectivity index (χ1v) is 6.36. The van der Waals surface area contributed by atoms with Crippen LogP contribution < -0.4 is 14.8 Å². The van der Waals surface area contributed by atoms with E-state index < -0.39 is 0 Å². The van der Waals surface area contributed by atoms with Crippen LogP contribution in [0.3, 0.4) is 0 Å². The van der Waals surface area contributed by atoms with E-state index in [0.717, 1.165) is 43.2 Å². The molecule has 100 valence electrons. The molecule has 0 spiro atoms. The van der Waals surface area contributed by atoms with Gasteiger partial charge in [0.15, 0.2) is 11.5 Å². The van der Waals surface area contributed by atoms with E-state index in [9.17, 15) is 0 Å². The minimum absolute atomic E-state index is 0.439. The quantitative estimate of drug-likeness (QED) is 0.868. The summed E-state index contributed by atoms with van der Waals surface area (Å²) in [5.41, 5.74) is 1.11. The van der Waals surface area contributed by atoms with Crippen molar-refractivity contribution in [3.05, 3.63) is 23.8 Å². The van der Waals surface area contributed by atoms with E-state index in [1.54, 1.807) is 14.2 Å². The molecule has 0 bridgehead atoms. The van der Waals surface area contributed by atoms with E-state index in [0.29, 0.717) is 6.04 Å². The lowest BCUT2D eigenvalue weighted by Gasteiger charge is -2.23. The van der Waals surface area contributed by atoms with Crippen molar-refractivity contribution in [2.24, 2.45) is 0 Å². The molecule has 0 aliphatic carbocycles. The van der Waals surface area contributed by atoms with Gasteiger partial charge in [-0.2, -0.15) is 0 Å². The number of nitrogens with one attached hydrogen (secondary N) is 1. The molecule has 0 saturated carbocycles. The molecule has 1 aromatic carbocycles. The number of para-hydroxylation sites is 1. The summed E-state index contributed by atoms with van der Waals surface area (Å²) in [7, 11) is 3.33. The van der Waals surface area contributed by atoms with Gasteiger partial charge in [-0.25, -0.2) is 0 Å². The molecule has 4 nitrogen and oxygen atoms in total. The van der Waals surface area contributed by atoms with Crippen molar-refractivity contribution in [1.82, 2.24) is 5.32 Å². The van der Waals surface area contributed by atoms with E-state index in [4.69, 9.17) is 14.2 Å². The van der Waals surface area contributed by atoms with Crippen molar-refractivity contribution in [2.75, 3.05) is 27.4 Å². The minimum atomic E-state index is 0.439. The molecule has 1 aliphatic heterocycles. The molecule has 4 heteroatoms. The van der Waals surface area contributed by atoms with Crippen LogP contribution in [-0.2, 0) is 11.3 Å². The van der Waals surface area contributed by atoms with Crippen LogP contribution in [0.25, 0.3) is 0 Å². The van der Waals surface area contributed by atoms with Crippen molar-refractivity contribution in [3.8, 4) is 11.5 Å². The zero-order valence-electron chi connectivity index (χ0n) is 11.1. The largest absolute Gasteiger partial charge is 0.493 e. The molecule has 0 amide bonds. The second-order valence-corrected chi connectivity index (χ2v) is 4.45. The van der Waals surface area contributed by atoms with Gasteiger partial charge in [-0.1, -0.05) is 12.1 Å². The molecule has 18 heavy (non-hydrogen) atoms. The van der Waals surface area contributed by atoms with Gasteiger partial charge in [0.25, 0.3) is 0 Å². The summed E-state index contributed by atoms with van der Waals surface area (Å²) in [4.78, 5) is 0. The summed E-state index contributed by atoms with van der Waals surface area (Å²) < 4.78 is 16.2. The molecule has 0 unspecified atom stereocenters. The molecule has 0 aromatic heterocycles. The highest BCUT2D eigenvalue weighted by molar-refractivity contribution is 5.46. The van der Waals surface area contributed by atoms with Gasteiger partial charge in [0, 0.05) is 24.8 Å². The van der Waals surface area contributed by atoms with Gasteiger partial charge in [0.1, 0.15) is 0 Å². The molecule has 1 heterocycles. The van der Waals surface area contributed by atoms with E-state index >= 15 is 0 Å². The highest BCUT2D eigenvalue weighted by Crippen LogP contribution is 2.30. The summed E-state index contributed by atoms with van der Waals surface area (Å²) in [6.07, 6.45) is 2.30. The van der Waals surface area contributed by atoms with Crippen LogP contribution >= 0.6 is 0 Å². The van der Waals surface area contributed by atoms with E-state index in [2.05, 4.69) is 11.4 Å². The Morgan fingerprint density at radius 1 is 1.33 bits per heavy atom. The molecule has 1 atom stereocenters. The van der Waals surface area contributed by atoms with Crippen LogP contribution in [0.5, 0.6) is 11.5 Å². The highest BCUT2D eigenvalue weighted by atomic mass is 16.5. The fraction of sp³-hybridized carbons (Fsp3) is 0.571. The minimum Gasteiger partial charge on any atom is -0.493 e. The van der Waals surface area contributed by atoms with E-state index in [-0.39, 0.29) is 0 Å². The Bertz CT molecular complexity index is 375. The van der Waals surface area contributed by atoms with E-state index in [1.165, 1.54) is 6.42 Å². The standard InChI is InChI=1S/C14H21NO3/c1-16-13-7-3-5-11(14(13)17-2)9-15-12-6-4-8-18-10-12/h3,5,7,12,15H,4,6,8-10H2,1-2H3/t12-/m1/s1. The third kappa shape index (κ3) is 3.15. The predicted molar refractivity (Wildman–Crippen MR) is 70.2 cm³/mol. The SMILES string of the molecule is COc1cccc(CN[C@@H]2CCCOC2)c1OC. The second kappa shape index (κ2) is 6.61. The second-order valence-electron chi connectivity index (χ2n) is 4.45. The average molecular weight is 251 g/mol. The third-order valence-electron chi connectivity index (χ3n) is 3.23. The van der Waals surface area contributed by atoms with Crippen molar-refractivity contribution >= 4 is 0 Å². The predicted octanol–water partition coefficient (Wildman–Crippen LogP) is 1.97. The Morgan fingerprint density at radius 3 is 2.89 bits per heavy atom. The molecule has 2 rings (SSSR count). The lowest BCUT2D eigenvalue weighted by atomic mass is 10.1. The number of rotatable bonds is 5. The zero-order chi connectivity index (χ0) is 12.8. The molecular formula is C14H21NO3. The summed E-state index contributed by atoms with van der Waals surface area (Å²) in [5.74, 6) is 1.58. The van der Waals surface area contributed by atoms with Crippen molar-refractivity contribution in [2.45, 2.75) is 25.4 Å². The van der Waals surface area contributed by atoms with Gasteiger partial charge in [-0.3, -0.25) is 0 Å². The number of hydrogen-bond donors (Lipinski definition) is 1. The summed E-state index contributed by atoms with van der Waals surface area (Å²) in [6.45, 7) is 2.46. The zero-order valence-corrected chi connectivity index (χ0v) is 11.1. The van der Waals surface area contributed by atoms with Crippen LogP contribution in [0, 0.1) is 0 Å². The molecule has 1 aliphatic rings. The Balaban J connectivity index is 1.99. The maximum atomic E-state index is 5.45. The van der Waals surface area contributed by atoms with Gasteiger partial charge in [-0.15, -0.1) is 0 Å². The van der Waals surface area contributed by atoms with Crippen LogP contribution in [0.2, 0.25) is 0 Å². The number of ether oxygens (including phenoxy) is 3. The van der Waals surface area contributed by atoms with Crippen LogP contribution in [-0.4, -0.2) is 33.5 Å². The normalized spacial score (nSPS) is 19.6. The smallest absolute Gasteiger partial charge is 0.165 e. The van der Waals surface area contributed by atoms with E-state index in [1.807, 2.05) is 12.1 Å². The number of hydrogen-bond acceptors (Lipinski definition) is 4. The maximum Gasteiger partial charge on any atom is 0.165 e. The van der Waals surface area contributed by atoms with Gasteiger partial charge < -0.3 is 19.5 Å². The Kier molecular flexibility index (Phi) is 4.84. The lowest BCUT2D eigenvalue weighted by molar-refractivity contribution is 0.0698. The molecule has 1 N–H and O–H groups in total. The van der Waals surface area contributed by atoms with Gasteiger partial charge in [0.2, 0.25) is 0 Å². The van der Waals surface area contributed by atoms with Crippen molar-refractivity contribution in [3.63, 3.8) is 0 Å². The first-order valence-electron chi connectivity index (χ1n) is 6.36. The van der Waals surface area contributed by atoms with Crippen molar-refractivity contribution in [1.29, 1.82) is 0 Å². The Hall–Kier alpha value is -1.26. The average Bonchev–Trinajstić information content (AvgIpc) is 2.45. The van der Waals surface area contributed by atoms with Crippen LogP contribution in [0.15, 0.2) is 18.2 Å². The number of benzene rings is 1. The van der Waals surface area contributed by atoms with Crippen LogP contribution in [0.4, 0.5) is 0 Å². The van der Waals surface area contributed by atoms with Crippen LogP contribution in [0.1, 0.15) is 18.4 Å². The topological polar surface area (TPSA) is 39.7 Å². The summed E-state index contributed by atoms with van der Waals surface area (Å²) in [6, 6.07) is 6.38. The lowest BCUT2D eigenvalue weighted by Crippen LogP contribution is -2.36. The first-order chi connectivity index (χ1) is 8.85. The van der Waals surface area contributed by atoms with Gasteiger partial charge in [0.05, 0.1) is 20.8 Å². The molecule has 0 radical (unpaired) electrons. The molecule has 1 saturated heterocycles. The summed E-state index contributed by atoms with van der Waals surface area (Å²) >= 11 is 0.